The largest absolute Gasteiger partial charge is 0.493 e. The summed E-state index contributed by atoms with van der Waals surface area (Å²) in [5.74, 6) is 1.40. The Labute approximate surface area is 145 Å². The van der Waals surface area contributed by atoms with Crippen molar-refractivity contribution < 1.29 is 24.2 Å². The highest BCUT2D eigenvalue weighted by atomic mass is 16.5. The van der Waals surface area contributed by atoms with Gasteiger partial charge in [-0.3, -0.25) is 0 Å². The lowest BCUT2D eigenvalue weighted by Crippen LogP contribution is -3.20. The minimum absolute atomic E-state index is 0.358. The SMILES string of the molecule is COc1ccc(COC[C@@H](O)C[NH+]2[C@H](C)CCC[C@@H]2C)cc1OC. The third kappa shape index (κ3) is 5.10. The van der Waals surface area contributed by atoms with Gasteiger partial charge in [-0.2, -0.15) is 0 Å². The predicted octanol–water partition coefficient (Wildman–Crippen LogP) is 1.43. The Balaban J connectivity index is 1.79. The number of benzene rings is 1. The Morgan fingerprint density at radius 2 is 1.79 bits per heavy atom. The van der Waals surface area contributed by atoms with E-state index in [1.807, 2.05) is 18.2 Å². The number of ether oxygens (including phenoxy) is 3. The monoisotopic (exact) mass is 338 g/mol. The maximum Gasteiger partial charge on any atom is 0.161 e. The molecule has 1 heterocycles. The van der Waals surface area contributed by atoms with Gasteiger partial charge in [0.15, 0.2) is 11.5 Å². The van der Waals surface area contributed by atoms with Crippen molar-refractivity contribution in [2.75, 3.05) is 27.4 Å². The standard InChI is InChI=1S/C19H31NO4/c1-14-6-5-7-15(2)20(14)11-17(21)13-24-12-16-8-9-18(22-3)19(10-16)23-4/h8-10,14-15,17,21H,5-7,11-13H2,1-4H3/p+1/t14-,15+,17-/m0/s1. The topological polar surface area (TPSA) is 52.4 Å². The quantitative estimate of drug-likeness (QED) is 0.753. The van der Waals surface area contributed by atoms with E-state index in [-0.39, 0.29) is 0 Å². The molecule has 4 atom stereocenters. The first-order chi connectivity index (χ1) is 11.5. The molecule has 0 spiro atoms. The van der Waals surface area contributed by atoms with E-state index >= 15 is 0 Å². The number of methoxy groups -OCH3 is 2. The Kier molecular flexibility index (Phi) is 7.34. The van der Waals surface area contributed by atoms with Crippen LogP contribution in [0, 0.1) is 0 Å². The van der Waals surface area contributed by atoms with Gasteiger partial charge in [-0.05, 0) is 50.8 Å². The average Bonchev–Trinajstić information content (AvgIpc) is 2.58. The first-order valence-corrected chi connectivity index (χ1v) is 8.87. The zero-order valence-corrected chi connectivity index (χ0v) is 15.4. The molecule has 1 aliphatic rings. The highest BCUT2D eigenvalue weighted by Crippen LogP contribution is 2.27. The van der Waals surface area contributed by atoms with E-state index in [0.717, 1.165) is 12.1 Å². The van der Waals surface area contributed by atoms with Gasteiger partial charge < -0.3 is 24.2 Å². The summed E-state index contributed by atoms with van der Waals surface area (Å²) < 4.78 is 16.2. The Morgan fingerprint density at radius 3 is 2.42 bits per heavy atom. The van der Waals surface area contributed by atoms with E-state index in [1.165, 1.54) is 24.2 Å². The zero-order chi connectivity index (χ0) is 17.5. The van der Waals surface area contributed by atoms with Crippen molar-refractivity contribution in [2.24, 2.45) is 0 Å². The minimum Gasteiger partial charge on any atom is -0.493 e. The molecule has 0 amide bonds. The van der Waals surface area contributed by atoms with Crippen molar-refractivity contribution >= 4 is 0 Å². The van der Waals surface area contributed by atoms with Crippen LogP contribution in [0.25, 0.3) is 0 Å². The molecule has 24 heavy (non-hydrogen) atoms. The molecule has 1 fully saturated rings. The second-order valence-electron chi connectivity index (χ2n) is 6.87. The highest BCUT2D eigenvalue weighted by molar-refractivity contribution is 5.42. The lowest BCUT2D eigenvalue weighted by atomic mass is 9.97. The molecule has 0 radical (unpaired) electrons. The molecule has 1 aromatic rings. The molecule has 0 saturated carbocycles. The number of piperidine rings is 1. The lowest BCUT2D eigenvalue weighted by molar-refractivity contribution is -0.954. The van der Waals surface area contributed by atoms with Crippen molar-refractivity contribution in [1.82, 2.24) is 0 Å². The Bertz CT molecular complexity index is 498. The molecule has 0 bridgehead atoms. The maximum atomic E-state index is 10.3. The van der Waals surface area contributed by atoms with Crippen LogP contribution in [-0.2, 0) is 11.3 Å². The summed E-state index contributed by atoms with van der Waals surface area (Å²) in [6.45, 7) is 6.13. The fraction of sp³-hybridized carbons (Fsp3) is 0.684. The summed E-state index contributed by atoms with van der Waals surface area (Å²) in [4.78, 5) is 1.50. The third-order valence-electron chi connectivity index (χ3n) is 5.04. The van der Waals surface area contributed by atoms with Crippen LogP contribution in [0.4, 0.5) is 0 Å². The van der Waals surface area contributed by atoms with Gasteiger partial charge in [0.05, 0.1) is 39.5 Å². The highest BCUT2D eigenvalue weighted by Gasteiger charge is 2.30. The number of hydrogen-bond acceptors (Lipinski definition) is 4. The average molecular weight is 338 g/mol. The van der Waals surface area contributed by atoms with E-state index in [0.29, 0.717) is 36.8 Å². The lowest BCUT2D eigenvalue weighted by Gasteiger charge is -2.36. The maximum absolute atomic E-state index is 10.3. The van der Waals surface area contributed by atoms with E-state index in [4.69, 9.17) is 14.2 Å². The minimum atomic E-state index is -0.428. The summed E-state index contributed by atoms with van der Waals surface area (Å²) in [6.07, 6.45) is 3.37. The van der Waals surface area contributed by atoms with Gasteiger partial charge in [0.25, 0.3) is 0 Å². The molecule has 2 N–H and O–H groups in total. The van der Waals surface area contributed by atoms with Crippen molar-refractivity contribution in [1.29, 1.82) is 0 Å². The smallest absolute Gasteiger partial charge is 0.161 e. The van der Waals surface area contributed by atoms with Crippen LogP contribution < -0.4 is 14.4 Å². The van der Waals surface area contributed by atoms with E-state index in [9.17, 15) is 5.11 Å². The number of quaternary nitrogens is 1. The molecule has 1 unspecified atom stereocenters. The molecular formula is C19H32NO4+. The van der Waals surface area contributed by atoms with Crippen LogP contribution in [0.3, 0.4) is 0 Å². The van der Waals surface area contributed by atoms with E-state index < -0.39 is 6.10 Å². The molecule has 2 rings (SSSR count). The van der Waals surface area contributed by atoms with Crippen LogP contribution in [0.2, 0.25) is 0 Å². The number of rotatable bonds is 8. The molecule has 1 aliphatic heterocycles. The van der Waals surface area contributed by atoms with Crippen LogP contribution in [0.1, 0.15) is 38.7 Å². The molecule has 5 heteroatoms. The number of nitrogens with one attached hydrogen (secondary N) is 1. The van der Waals surface area contributed by atoms with Gasteiger partial charge in [-0.1, -0.05) is 6.07 Å². The van der Waals surface area contributed by atoms with Gasteiger partial charge >= 0.3 is 0 Å². The fourth-order valence-corrected chi connectivity index (χ4v) is 3.60. The summed E-state index contributed by atoms with van der Waals surface area (Å²) in [5.41, 5.74) is 1.01. The summed E-state index contributed by atoms with van der Waals surface area (Å²) >= 11 is 0. The molecule has 136 valence electrons. The van der Waals surface area contributed by atoms with Gasteiger partial charge in [0, 0.05) is 0 Å². The van der Waals surface area contributed by atoms with Crippen LogP contribution in [0.15, 0.2) is 18.2 Å². The van der Waals surface area contributed by atoms with Crippen LogP contribution in [-0.4, -0.2) is 50.7 Å². The number of aliphatic hydroxyl groups is 1. The van der Waals surface area contributed by atoms with E-state index in [1.54, 1.807) is 14.2 Å². The first kappa shape index (κ1) is 19.0. The molecule has 1 aromatic carbocycles. The number of aliphatic hydroxyl groups excluding tert-OH is 1. The third-order valence-corrected chi connectivity index (χ3v) is 5.04. The van der Waals surface area contributed by atoms with Crippen LogP contribution in [0.5, 0.6) is 11.5 Å². The normalized spacial score (nSPS) is 25.3. The molecule has 1 saturated heterocycles. The van der Waals surface area contributed by atoms with Crippen molar-refractivity contribution in [3.63, 3.8) is 0 Å². The summed E-state index contributed by atoms with van der Waals surface area (Å²) in [5, 5.41) is 10.3. The van der Waals surface area contributed by atoms with Crippen LogP contribution >= 0.6 is 0 Å². The van der Waals surface area contributed by atoms with Gasteiger partial charge in [0.1, 0.15) is 12.6 Å². The summed E-state index contributed by atoms with van der Waals surface area (Å²) in [7, 11) is 3.24. The molecule has 0 aliphatic carbocycles. The fourth-order valence-electron chi connectivity index (χ4n) is 3.60. The first-order valence-electron chi connectivity index (χ1n) is 8.87. The zero-order valence-electron chi connectivity index (χ0n) is 15.4. The predicted molar refractivity (Wildman–Crippen MR) is 93.8 cm³/mol. The van der Waals surface area contributed by atoms with Gasteiger partial charge in [0.2, 0.25) is 0 Å². The van der Waals surface area contributed by atoms with E-state index in [2.05, 4.69) is 13.8 Å². The second kappa shape index (κ2) is 9.25. The Hall–Kier alpha value is -1.30. The van der Waals surface area contributed by atoms with Gasteiger partial charge in [-0.25, -0.2) is 0 Å². The van der Waals surface area contributed by atoms with Crippen molar-refractivity contribution in [3.05, 3.63) is 23.8 Å². The number of likely N-dealkylation sites (tertiary alicyclic amines) is 1. The van der Waals surface area contributed by atoms with Crippen molar-refractivity contribution in [2.45, 2.75) is 57.9 Å². The Morgan fingerprint density at radius 1 is 1.12 bits per heavy atom. The second-order valence-corrected chi connectivity index (χ2v) is 6.87. The molecular weight excluding hydrogens is 306 g/mol. The molecule has 5 nitrogen and oxygen atoms in total. The van der Waals surface area contributed by atoms with Gasteiger partial charge in [-0.15, -0.1) is 0 Å². The van der Waals surface area contributed by atoms with Crippen molar-refractivity contribution in [3.8, 4) is 11.5 Å². The summed E-state index contributed by atoms with van der Waals surface area (Å²) in [6, 6.07) is 6.97. The molecule has 0 aromatic heterocycles. The number of hydrogen-bond donors (Lipinski definition) is 2.